The number of anilines is 1. The van der Waals surface area contributed by atoms with E-state index in [2.05, 4.69) is 21.5 Å². The fourth-order valence-electron chi connectivity index (χ4n) is 1.89. The molecule has 25 heavy (non-hydrogen) atoms. The van der Waals surface area contributed by atoms with Gasteiger partial charge in [0.15, 0.2) is 5.11 Å². The third-order valence-corrected chi connectivity index (χ3v) is 3.22. The summed E-state index contributed by atoms with van der Waals surface area (Å²) in [5.74, 6) is -1.02. The minimum Gasteiger partial charge on any atom is -0.326 e. The highest BCUT2D eigenvalue weighted by molar-refractivity contribution is 7.80. The Balaban J connectivity index is 1.84. The molecule has 2 aromatic rings. The maximum atomic E-state index is 12.0. The number of thiocarbonyl (C=S) groups is 1. The summed E-state index contributed by atoms with van der Waals surface area (Å²) < 4.78 is 0. The lowest BCUT2D eigenvalue weighted by Gasteiger charge is -2.11. The van der Waals surface area contributed by atoms with Gasteiger partial charge in [-0.15, -0.1) is 0 Å². The van der Waals surface area contributed by atoms with Crippen LogP contribution < -0.4 is 21.5 Å². The number of rotatable bonds is 3. The molecule has 0 saturated carbocycles. The Morgan fingerprint density at radius 1 is 0.800 bits per heavy atom. The van der Waals surface area contributed by atoms with Crippen LogP contribution in [0, 0.1) is 0 Å². The zero-order valence-electron chi connectivity index (χ0n) is 13.3. The number of hydrogen-bond acceptors (Lipinski definition) is 4. The quantitative estimate of drug-likeness (QED) is 0.494. The Kier molecular flexibility index (Phi) is 6.19. The molecule has 0 fully saturated rings. The predicted molar refractivity (Wildman–Crippen MR) is 97.9 cm³/mol. The second-order valence-corrected chi connectivity index (χ2v) is 5.40. The van der Waals surface area contributed by atoms with Gasteiger partial charge in [0, 0.05) is 23.7 Å². The summed E-state index contributed by atoms with van der Waals surface area (Å²) in [7, 11) is 0. The summed E-state index contributed by atoms with van der Waals surface area (Å²) in [5.41, 5.74) is 6.24. The summed E-state index contributed by atoms with van der Waals surface area (Å²) >= 11 is 4.96. The largest absolute Gasteiger partial charge is 0.326 e. The van der Waals surface area contributed by atoms with Crippen LogP contribution in [0.3, 0.4) is 0 Å². The highest BCUT2D eigenvalue weighted by Gasteiger charge is 2.09. The van der Waals surface area contributed by atoms with Crippen molar-refractivity contribution < 1.29 is 14.4 Å². The minimum atomic E-state index is -0.439. The van der Waals surface area contributed by atoms with E-state index < -0.39 is 5.91 Å². The fraction of sp³-hybridized carbons (Fsp3) is 0.0588. The standard InChI is InChI=1S/C17H16N4O3S/c1-11(22)18-14-9-7-13(8-10-14)16(24)20-21-17(25)19-15(23)12-5-3-2-4-6-12/h2-10H,1H3,(H,18,22)(H,20,24)(H2,19,21,23,25). The molecule has 7 nitrogen and oxygen atoms in total. The molecule has 0 saturated heterocycles. The lowest BCUT2D eigenvalue weighted by atomic mass is 10.2. The van der Waals surface area contributed by atoms with E-state index in [0.29, 0.717) is 16.8 Å². The van der Waals surface area contributed by atoms with E-state index >= 15 is 0 Å². The van der Waals surface area contributed by atoms with E-state index in [1.165, 1.54) is 6.92 Å². The number of carbonyl (C=O) groups excluding carboxylic acids is 3. The number of benzene rings is 2. The third kappa shape index (κ3) is 5.70. The molecule has 0 aliphatic rings. The van der Waals surface area contributed by atoms with Crippen molar-refractivity contribution in [2.24, 2.45) is 0 Å². The van der Waals surface area contributed by atoms with Crippen LogP contribution in [0.5, 0.6) is 0 Å². The third-order valence-electron chi connectivity index (χ3n) is 3.02. The zero-order chi connectivity index (χ0) is 18.2. The van der Waals surface area contributed by atoms with E-state index in [-0.39, 0.29) is 16.9 Å². The first-order valence-electron chi connectivity index (χ1n) is 7.30. The molecule has 0 unspecified atom stereocenters. The molecule has 0 atom stereocenters. The molecule has 2 aromatic carbocycles. The van der Waals surface area contributed by atoms with Crippen LogP contribution >= 0.6 is 12.2 Å². The summed E-state index contributed by atoms with van der Waals surface area (Å²) in [6.45, 7) is 1.40. The molecular weight excluding hydrogens is 340 g/mol. The van der Waals surface area contributed by atoms with Crippen LogP contribution in [0.1, 0.15) is 27.6 Å². The van der Waals surface area contributed by atoms with Crippen molar-refractivity contribution in [3.8, 4) is 0 Å². The van der Waals surface area contributed by atoms with Crippen molar-refractivity contribution in [1.82, 2.24) is 16.2 Å². The molecule has 3 amide bonds. The van der Waals surface area contributed by atoms with Crippen molar-refractivity contribution >= 4 is 40.7 Å². The molecule has 0 aliphatic carbocycles. The van der Waals surface area contributed by atoms with Crippen molar-refractivity contribution in [1.29, 1.82) is 0 Å². The summed E-state index contributed by atoms with van der Waals surface area (Å²) in [4.78, 5) is 34.9. The van der Waals surface area contributed by atoms with Gasteiger partial charge in [0.2, 0.25) is 5.91 Å². The molecule has 0 spiro atoms. The second-order valence-electron chi connectivity index (χ2n) is 4.99. The van der Waals surface area contributed by atoms with Crippen molar-refractivity contribution in [2.75, 3.05) is 5.32 Å². The first-order valence-corrected chi connectivity index (χ1v) is 7.71. The molecule has 0 aromatic heterocycles. The molecule has 0 radical (unpaired) electrons. The molecule has 0 bridgehead atoms. The second kappa shape index (κ2) is 8.55. The zero-order valence-corrected chi connectivity index (χ0v) is 14.1. The minimum absolute atomic E-state index is 0.0305. The van der Waals surface area contributed by atoms with Crippen molar-refractivity contribution in [3.63, 3.8) is 0 Å². The highest BCUT2D eigenvalue weighted by Crippen LogP contribution is 2.09. The van der Waals surface area contributed by atoms with Crippen LogP contribution in [0.2, 0.25) is 0 Å². The van der Waals surface area contributed by atoms with Crippen LogP contribution in [-0.4, -0.2) is 22.8 Å². The lowest BCUT2D eigenvalue weighted by molar-refractivity contribution is -0.114. The number of hydrogen-bond donors (Lipinski definition) is 4. The van der Waals surface area contributed by atoms with Crippen LogP contribution in [-0.2, 0) is 4.79 Å². The normalized spacial score (nSPS) is 9.64. The molecule has 8 heteroatoms. The van der Waals surface area contributed by atoms with Gasteiger partial charge in [0.1, 0.15) is 0 Å². The van der Waals surface area contributed by atoms with E-state index in [4.69, 9.17) is 12.2 Å². The molecular formula is C17H16N4O3S. The van der Waals surface area contributed by atoms with E-state index in [1.54, 1.807) is 54.6 Å². The molecule has 0 aliphatic heterocycles. The van der Waals surface area contributed by atoms with Gasteiger partial charge in [-0.25, -0.2) is 0 Å². The Hall–Kier alpha value is -3.26. The Morgan fingerprint density at radius 3 is 2.00 bits per heavy atom. The maximum Gasteiger partial charge on any atom is 0.269 e. The Bertz CT molecular complexity index is 791. The van der Waals surface area contributed by atoms with Crippen LogP contribution in [0.15, 0.2) is 54.6 Å². The number of nitrogens with one attached hydrogen (secondary N) is 4. The SMILES string of the molecule is CC(=O)Nc1ccc(C(=O)NNC(=S)NC(=O)c2ccccc2)cc1. The predicted octanol–water partition coefficient (Wildman–Crippen LogP) is 1.59. The first kappa shape index (κ1) is 18.1. The van der Waals surface area contributed by atoms with Crippen molar-refractivity contribution in [3.05, 3.63) is 65.7 Å². The maximum absolute atomic E-state index is 12.0. The molecule has 128 valence electrons. The topological polar surface area (TPSA) is 99.3 Å². The fourth-order valence-corrected chi connectivity index (χ4v) is 2.03. The van der Waals surface area contributed by atoms with Gasteiger partial charge in [0.25, 0.3) is 11.8 Å². The average molecular weight is 356 g/mol. The Labute approximate surface area is 149 Å². The van der Waals surface area contributed by atoms with Gasteiger partial charge in [-0.05, 0) is 48.6 Å². The smallest absolute Gasteiger partial charge is 0.269 e. The summed E-state index contributed by atoms with van der Waals surface area (Å²) in [5, 5.41) is 5.03. The average Bonchev–Trinajstić information content (AvgIpc) is 2.60. The number of amides is 3. The molecule has 0 heterocycles. The van der Waals surface area contributed by atoms with Gasteiger partial charge in [-0.1, -0.05) is 18.2 Å². The van der Waals surface area contributed by atoms with E-state index in [1.807, 2.05) is 0 Å². The molecule has 2 rings (SSSR count). The van der Waals surface area contributed by atoms with E-state index in [9.17, 15) is 14.4 Å². The Morgan fingerprint density at radius 2 is 1.40 bits per heavy atom. The van der Waals surface area contributed by atoms with Gasteiger partial charge >= 0.3 is 0 Å². The number of carbonyl (C=O) groups is 3. The van der Waals surface area contributed by atoms with Crippen LogP contribution in [0.4, 0.5) is 5.69 Å². The van der Waals surface area contributed by atoms with Gasteiger partial charge < -0.3 is 5.32 Å². The lowest BCUT2D eigenvalue weighted by Crippen LogP contribution is -2.48. The monoisotopic (exact) mass is 356 g/mol. The highest BCUT2D eigenvalue weighted by atomic mass is 32.1. The van der Waals surface area contributed by atoms with Gasteiger partial charge in [-0.3, -0.25) is 30.6 Å². The first-order chi connectivity index (χ1) is 12.0. The van der Waals surface area contributed by atoms with Crippen LogP contribution in [0.25, 0.3) is 0 Å². The van der Waals surface area contributed by atoms with Gasteiger partial charge in [-0.2, -0.15) is 0 Å². The van der Waals surface area contributed by atoms with E-state index in [0.717, 1.165) is 0 Å². The summed E-state index contributed by atoms with van der Waals surface area (Å²) in [6, 6.07) is 14.9. The summed E-state index contributed by atoms with van der Waals surface area (Å²) in [6.07, 6.45) is 0. The van der Waals surface area contributed by atoms with Crippen molar-refractivity contribution in [2.45, 2.75) is 6.92 Å². The molecule has 4 N–H and O–H groups in total. The number of hydrazine groups is 1. The van der Waals surface area contributed by atoms with Gasteiger partial charge in [0.05, 0.1) is 0 Å².